The SMILES string of the molecule is COC(=O)C(NCc1ccccc1)c1cc(F)ccc1Br. The van der Waals surface area contributed by atoms with E-state index in [0.717, 1.165) is 5.56 Å². The molecular weight excluding hydrogens is 337 g/mol. The van der Waals surface area contributed by atoms with Gasteiger partial charge in [0.1, 0.15) is 11.9 Å². The molecular formula is C16H15BrFNO2. The van der Waals surface area contributed by atoms with Crippen LogP contribution in [0.5, 0.6) is 0 Å². The highest BCUT2D eigenvalue weighted by molar-refractivity contribution is 9.10. The van der Waals surface area contributed by atoms with Crippen LogP contribution in [-0.4, -0.2) is 13.1 Å². The Bertz CT molecular complexity index is 619. The van der Waals surface area contributed by atoms with Gasteiger partial charge in [-0.2, -0.15) is 0 Å². The first-order chi connectivity index (χ1) is 10.1. The number of esters is 1. The molecule has 0 amide bonds. The van der Waals surface area contributed by atoms with Crippen molar-refractivity contribution in [2.45, 2.75) is 12.6 Å². The highest BCUT2D eigenvalue weighted by Gasteiger charge is 2.23. The van der Waals surface area contributed by atoms with Gasteiger partial charge < -0.3 is 4.74 Å². The van der Waals surface area contributed by atoms with Crippen molar-refractivity contribution in [2.24, 2.45) is 0 Å². The van der Waals surface area contributed by atoms with E-state index < -0.39 is 17.8 Å². The highest BCUT2D eigenvalue weighted by Crippen LogP contribution is 2.25. The van der Waals surface area contributed by atoms with Crippen LogP contribution in [0.1, 0.15) is 17.2 Å². The van der Waals surface area contributed by atoms with Crippen LogP contribution in [0.4, 0.5) is 4.39 Å². The maximum Gasteiger partial charge on any atom is 0.327 e. The first-order valence-corrected chi connectivity index (χ1v) is 7.21. The average molecular weight is 352 g/mol. The number of nitrogens with one attached hydrogen (secondary N) is 1. The van der Waals surface area contributed by atoms with E-state index in [9.17, 15) is 9.18 Å². The maximum absolute atomic E-state index is 13.4. The Morgan fingerprint density at radius 3 is 2.67 bits per heavy atom. The fourth-order valence-corrected chi connectivity index (χ4v) is 2.47. The molecule has 0 radical (unpaired) electrons. The van der Waals surface area contributed by atoms with E-state index >= 15 is 0 Å². The fourth-order valence-electron chi connectivity index (χ4n) is 1.99. The van der Waals surface area contributed by atoms with Gasteiger partial charge in [-0.3, -0.25) is 5.32 Å². The van der Waals surface area contributed by atoms with Crippen molar-refractivity contribution in [2.75, 3.05) is 7.11 Å². The molecule has 5 heteroatoms. The molecule has 1 N–H and O–H groups in total. The molecule has 0 aliphatic carbocycles. The van der Waals surface area contributed by atoms with Gasteiger partial charge in [-0.05, 0) is 29.3 Å². The molecule has 3 nitrogen and oxygen atoms in total. The molecule has 0 saturated carbocycles. The summed E-state index contributed by atoms with van der Waals surface area (Å²) in [5.74, 6) is -0.860. The number of hydrogen-bond donors (Lipinski definition) is 1. The van der Waals surface area contributed by atoms with Crippen LogP contribution in [0.25, 0.3) is 0 Å². The van der Waals surface area contributed by atoms with Crippen LogP contribution >= 0.6 is 15.9 Å². The van der Waals surface area contributed by atoms with E-state index in [1.807, 2.05) is 30.3 Å². The largest absolute Gasteiger partial charge is 0.468 e. The summed E-state index contributed by atoms with van der Waals surface area (Å²) in [6.07, 6.45) is 0. The van der Waals surface area contributed by atoms with Gasteiger partial charge >= 0.3 is 5.97 Å². The fraction of sp³-hybridized carbons (Fsp3) is 0.188. The van der Waals surface area contributed by atoms with Gasteiger partial charge in [-0.15, -0.1) is 0 Å². The van der Waals surface area contributed by atoms with Crippen LogP contribution in [0.3, 0.4) is 0 Å². The zero-order chi connectivity index (χ0) is 15.2. The number of carbonyl (C=O) groups is 1. The lowest BCUT2D eigenvalue weighted by Gasteiger charge is -2.18. The Morgan fingerprint density at radius 1 is 1.29 bits per heavy atom. The van der Waals surface area contributed by atoms with E-state index in [4.69, 9.17) is 4.74 Å². The standard InChI is InChI=1S/C16H15BrFNO2/c1-21-16(20)15(13-9-12(18)7-8-14(13)17)19-10-11-5-3-2-4-6-11/h2-9,15,19H,10H2,1H3. The van der Waals surface area contributed by atoms with Crippen LogP contribution < -0.4 is 5.32 Å². The van der Waals surface area contributed by atoms with Crippen LogP contribution in [0.2, 0.25) is 0 Å². The second kappa shape index (κ2) is 7.33. The predicted molar refractivity (Wildman–Crippen MR) is 82.1 cm³/mol. The predicted octanol–water partition coefficient (Wildman–Crippen LogP) is 3.59. The highest BCUT2D eigenvalue weighted by atomic mass is 79.9. The normalized spacial score (nSPS) is 12.0. The van der Waals surface area contributed by atoms with Crippen molar-refractivity contribution in [3.8, 4) is 0 Å². The summed E-state index contributed by atoms with van der Waals surface area (Å²) in [5, 5.41) is 3.10. The number of ether oxygens (including phenoxy) is 1. The monoisotopic (exact) mass is 351 g/mol. The molecule has 2 aromatic carbocycles. The minimum atomic E-state index is -0.736. The first kappa shape index (κ1) is 15.7. The number of carbonyl (C=O) groups excluding carboxylic acids is 1. The van der Waals surface area contributed by atoms with Crippen molar-refractivity contribution in [3.05, 3.63) is 69.9 Å². The molecule has 2 rings (SSSR count). The summed E-state index contributed by atoms with van der Waals surface area (Å²) < 4.78 is 18.9. The van der Waals surface area contributed by atoms with E-state index in [1.165, 1.54) is 19.2 Å². The van der Waals surface area contributed by atoms with Gasteiger partial charge in [0.15, 0.2) is 0 Å². The quantitative estimate of drug-likeness (QED) is 0.836. The molecule has 110 valence electrons. The molecule has 1 unspecified atom stereocenters. The molecule has 0 heterocycles. The number of hydrogen-bond acceptors (Lipinski definition) is 3. The minimum Gasteiger partial charge on any atom is -0.468 e. The second-order valence-electron chi connectivity index (χ2n) is 4.49. The van der Waals surface area contributed by atoms with Gasteiger partial charge in [0.05, 0.1) is 7.11 Å². The Kier molecular flexibility index (Phi) is 5.47. The molecule has 0 bridgehead atoms. The van der Waals surface area contributed by atoms with Crippen molar-refractivity contribution in [1.82, 2.24) is 5.32 Å². The summed E-state index contributed by atoms with van der Waals surface area (Å²) in [4.78, 5) is 12.0. The van der Waals surface area contributed by atoms with Gasteiger partial charge in [-0.1, -0.05) is 46.3 Å². The third kappa shape index (κ3) is 4.12. The third-order valence-electron chi connectivity index (χ3n) is 3.06. The van der Waals surface area contributed by atoms with Crippen molar-refractivity contribution in [1.29, 1.82) is 0 Å². The Balaban J connectivity index is 2.22. The van der Waals surface area contributed by atoms with Crippen LogP contribution in [0.15, 0.2) is 53.0 Å². The van der Waals surface area contributed by atoms with Gasteiger partial charge in [-0.25, -0.2) is 9.18 Å². The molecule has 21 heavy (non-hydrogen) atoms. The van der Waals surface area contributed by atoms with E-state index in [1.54, 1.807) is 6.07 Å². The average Bonchev–Trinajstić information content (AvgIpc) is 2.51. The Morgan fingerprint density at radius 2 is 2.00 bits per heavy atom. The smallest absolute Gasteiger partial charge is 0.327 e. The zero-order valence-electron chi connectivity index (χ0n) is 11.5. The molecule has 0 aliphatic heterocycles. The molecule has 0 fully saturated rings. The summed E-state index contributed by atoms with van der Waals surface area (Å²) in [5.41, 5.74) is 1.54. The molecule has 0 saturated heterocycles. The number of rotatable bonds is 5. The lowest BCUT2D eigenvalue weighted by molar-refractivity contribution is -0.143. The molecule has 2 aromatic rings. The van der Waals surface area contributed by atoms with Gasteiger partial charge in [0.2, 0.25) is 0 Å². The number of benzene rings is 2. The lowest BCUT2D eigenvalue weighted by Crippen LogP contribution is -2.29. The summed E-state index contributed by atoms with van der Waals surface area (Å²) >= 11 is 3.34. The Labute approximate surface area is 131 Å². The van der Waals surface area contributed by atoms with E-state index in [2.05, 4.69) is 21.2 Å². The summed E-state index contributed by atoms with van der Waals surface area (Å²) in [6, 6.07) is 13.1. The minimum absolute atomic E-state index is 0.399. The topological polar surface area (TPSA) is 38.3 Å². The first-order valence-electron chi connectivity index (χ1n) is 6.42. The summed E-state index contributed by atoms with van der Waals surface area (Å²) in [6.45, 7) is 0.476. The van der Waals surface area contributed by atoms with Gasteiger partial charge in [0.25, 0.3) is 0 Å². The molecule has 0 spiro atoms. The van der Waals surface area contributed by atoms with E-state index in [0.29, 0.717) is 16.6 Å². The lowest BCUT2D eigenvalue weighted by atomic mass is 10.1. The molecule has 0 aromatic heterocycles. The Hall–Kier alpha value is -1.72. The maximum atomic E-state index is 13.4. The van der Waals surface area contributed by atoms with E-state index in [-0.39, 0.29) is 0 Å². The zero-order valence-corrected chi connectivity index (χ0v) is 13.1. The van der Waals surface area contributed by atoms with Gasteiger partial charge in [0, 0.05) is 11.0 Å². The van der Waals surface area contributed by atoms with Crippen LogP contribution in [-0.2, 0) is 16.1 Å². The number of halogens is 2. The third-order valence-corrected chi connectivity index (χ3v) is 3.78. The summed E-state index contributed by atoms with van der Waals surface area (Å²) in [7, 11) is 1.31. The van der Waals surface area contributed by atoms with Crippen LogP contribution in [0, 0.1) is 5.82 Å². The molecule has 1 atom stereocenters. The van der Waals surface area contributed by atoms with Crippen molar-refractivity contribution >= 4 is 21.9 Å². The number of methoxy groups -OCH3 is 1. The van der Waals surface area contributed by atoms with Crippen molar-refractivity contribution < 1.29 is 13.9 Å². The molecule has 0 aliphatic rings. The van der Waals surface area contributed by atoms with Crippen molar-refractivity contribution in [3.63, 3.8) is 0 Å². The second-order valence-corrected chi connectivity index (χ2v) is 5.34.